The van der Waals surface area contributed by atoms with Gasteiger partial charge in [0, 0.05) is 43.4 Å². The molecule has 4 rings (SSSR count). The van der Waals surface area contributed by atoms with Gasteiger partial charge < -0.3 is 15.3 Å². The standard InChI is InChI=1S/C25H25F7N4O4/c1-3-13(11-40-25(30,31)32)33-22(39)16-10-36(19-17(27)6-12(26)7-18(19)28)21-15(20(16)38)8-24(2,29)23(34-21)35-5-4-14(37)9-35/h6-7,10,13-14,37H,3-5,8-9,11H2,1-2H3,(H,33,39)/t13?,14-,24?/m0/s1. The minimum absolute atomic E-state index is 0.00999. The predicted octanol–water partition coefficient (Wildman–Crippen LogP) is 3.68. The molecule has 1 fully saturated rings. The van der Waals surface area contributed by atoms with Crippen molar-refractivity contribution in [3.8, 4) is 5.69 Å². The first kappa shape index (κ1) is 29.5. The zero-order valence-corrected chi connectivity index (χ0v) is 21.3. The Bertz CT molecular complexity index is 1380. The van der Waals surface area contributed by atoms with E-state index >= 15 is 4.39 Å². The fraction of sp³-hybridized carbons (Fsp3) is 0.480. The van der Waals surface area contributed by atoms with E-state index in [1.54, 1.807) is 0 Å². The number of ether oxygens (including phenoxy) is 1. The lowest BCUT2D eigenvalue weighted by Crippen LogP contribution is -2.48. The van der Waals surface area contributed by atoms with Gasteiger partial charge in [-0.05, 0) is 19.8 Å². The molecule has 0 spiro atoms. The third-order valence-corrected chi connectivity index (χ3v) is 6.67. The molecule has 2 unspecified atom stereocenters. The molecule has 0 radical (unpaired) electrons. The second-order valence-corrected chi connectivity index (χ2v) is 9.80. The third-order valence-electron chi connectivity index (χ3n) is 6.67. The number of halogens is 7. The van der Waals surface area contributed by atoms with Crippen LogP contribution in [-0.2, 0) is 11.2 Å². The number of aliphatic imine (C=N–C) groups is 1. The summed E-state index contributed by atoms with van der Waals surface area (Å²) in [5.74, 6) is -5.97. The molecule has 1 saturated heterocycles. The first-order valence-electron chi connectivity index (χ1n) is 12.3. The number of rotatable bonds is 6. The van der Waals surface area contributed by atoms with Gasteiger partial charge >= 0.3 is 6.36 Å². The molecular weight excluding hydrogens is 553 g/mol. The van der Waals surface area contributed by atoms with Gasteiger partial charge in [0.15, 0.2) is 22.7 Å². The summed E-state index contributed by atoms with van der Waals surface area (Å²) in [4.78, 5) is 32.1. The number of pyridine rings is 1. The number of carbonyl (C=O) groups excluding carboxylic acids is 1. The number of hydrogen-bond donors (Lipinski definition) is 2. The fourth-order valence-electron chi connectivity index (χ4n) is 4.72. The van der Waals surface area contributed by atoms with Crippen LogP contribution >= 0.6 is 0 Å². The maximum absolute atomic E-state index is 15.9. The van der Waals surface area contributed by atoms with E-state index in [0.29, 0.717) is 29.3 Å². The number of hydrogen-bond acceptors (Lipinski definition) is 6. The number of benzene rings is 1. The van der Waals surface area contributed by atoms with E-state index in [1.807, 2.05) is 0 Å². The number of fused-ring (bicyclic) bond motifs is 1. The molecule has 8 nitrogen and oxygen atoms in total. The van der Waals surface area contributed by atoms with Crippen molar-refractivity contribution in [1.29, 1.82) is 0 Å². The number of amidine groups is 1. The highest BCUT2D eigenvalue weighted by Crippen LogP contribution is 2.36. The van der Waals surface area contributed by atoms with Crippen LogP contribution in [0.25, 0.3) is 5.69 Å². The average molecular weight is 578 g/mol. The maximum Gasteiger partial charge on any atom is 0.522 e. The molecule has 2 aliphatic heterocycles. The van der Waals surface area contributed by atoms with Gasteiger partial charge in [-0.25, -0.2) is 22.6 Å². The monoisotopic (exact) mass is 578 g/mol. The van der Waals surface area contributed by atoms with Crippen LogP contribution in [0.5, 0.6) is 0 Å². The number of nitrogens with zero attached hydrogens (tertiary/aromatic N) is 3. The van der Waals surface area contributed by atoms with E-state index in [4.69, 9.17) is 0 Å². The van der Waals surface area contributed by atoms with E-state index < -0.39 is 88.6 Å². The second kappa shape index (κ2) is 10.8. The summed E-state index contributed by atoms with van der Waals surface area (Å²) in [5.41, 5.74) is -5.50. The maximum atomic E-state index is 15.9. The molecule has 218 valence electrons. The minimum atomic E-state index is -4.99. The van der Waals surface area contributed by atoms with Crippen molar-refractivity contribution in [1.82, 2.24) is 14.8 Å². The normalized spacial score (nSPS) is 21.7. The summed E-state index contributed by atoms with van der Waals surface area (Å²) in [6.07, 6.45) is -5.49. The van der Waals surface area contributed by atoms with E-state index in [0.717, 1.165) is 6.92 Å². The Hall–Kier alpha value is -3.46. The molecule has 0 bridgehead atoms. The number of nitrogens with one attached hydrogen (secondary N) is 1. The Kier molecular flexibility index (Phi) is 8.00. The van der Waals surface area contributed by atoms with Crippen molar-refractivity contribution in [2.24, 2.45) is 4.99 Å². The number of carbonyl (C=O) groups is 1. The molecule has 2 N–H and O–H groups in total. The van der Waals surface area contributed by atoms with Crippen molar-refractivity contribution < 1.29 is 45.4 Å². The summed E-state index contributed by atoms with van der Waals surface area (Å²) in [6, 6.07) is -0.503. The van der Waals surface area contributed by atoms with Gasteiger partial charge in [0.1, 0.15) is 28.7 Å². The van der Waals surface area contributed by atoms with Crippen LogP contribution in [0.1, 0.15) is 42.6 Å². The van der Waals surface area contributed by atoms with Crippen LogP contribution in [0.4, 0.5) is 36.6 Å². The number of aliphatic hydroxyl groups is 1. The van der Waals surface area contributed by atoms with Crippen LogP contribution in [0.3, 0.4) is 0 Å². The third kappa shape index (κ3) is 5.99. The topological polar surface area (TPSA) is 96.2 Å². The molecule has 3 atom stereocenters. The van der Waals surface area contributed by atoms with Gasteiger partial charge in [0.05, 0.1) is 18.8 Å². The quantitative estimate of drug-likeness (QED) is 0.510. The Balaban J connectivity index is 1.88. The Labute approximate surface area is 223 Å². The SMILES string of the molecule is CCC(COC(F)(F)F)NC(=O)c1cn(-c2c(F)cc(F)cc2F)c2c(c1=O)CC(C)(F)C(N1CC[C@H](O)C1)=N2. The van der Waals surface area contributed by atoms with Crippen molar-refractivity contribution >= 4 is 17.6 Å². The first-order valence-corrected chi connectivity index (χ1v) is 12.3. The molecule has 2 aliphatic rings. The summed E-state index contributed by atoms with van der Waals surface area (Å²) >= 11 is 0. The zero-order valence-electron chi connectivity index (χ0n) is 21.3. The summed E-state index contributed by atoms with van der Waals surface area (Å²) < 4.78 is 101. The smallest absolute Gasteiger partial charge is 0.391 e. The zero-order chi connectivity index (χ0) is 29.6. The minimum Gasteiger partial charge on any atom is -0.391 e. The van der Waals surface area contributed by atoms with Gasteiger partial charge in [0.2, 0.25) is 0 Å². The van der Waals surface area contributed by atoms with Gasteiger partial charge in [-0.2, -0.15) is 0 Å². The number of likely N-dealkylation sites (tertiary alicyclic amines) is 1. The molecule has 15 heteroatoms. The lowest BCUT2D eigenvalue weighted by Gasteiger charge is -2.34. The van der Waals surface area contributed by atoms with Gasteiger partial charge in [0.25, 0.3) is 5.91 Å². The number of amides is 1. The summed E-state index contributed by atoms with van der Waals surface area (Å²) in [6.45, 7) is 1.78. The molecule has 40 heavy (non-hydrogen) atoms. The van der Waals surface area contributed by atoms with Crippen molar-refractivity contribution in [2.45, 2.75) is 57.3 Å². The average Bonchev–Trinajstić information content (AvgIpc) is 3.26. The molecule has 1 amide bonds. The largest absolute Gasteiger partial charge is 0.522 e. The molecular formula is C25H25F7N4O4. The van der Waals surface area contributed by atoms with Crippen LogP contribution in [-0.4, -0.2) is 70.2 Å². The second-order valence-electron chi connectivity index (χ2n) is 9.80. The van der Waals surface area contributed by atoms with Crippen LogP contribution < -0.4 is 10.7 Å². The molecule has 3 heterocycles. The van der Waals surface area contributed by atoms with Crippen LogP contribution in [0, 0.1) is 17.5 Å². The molecule has 2 aromatic rings. The number of aliphatic hydroxyl groups excluding tert-OH is 1. The summed E-state index contributed by atoms with van der Waals surface area (Å²) in [7, 11) is 0. The Morgan fingerprint density at radius 1 is 1.27 bits per heavy atom. The first-order chi connectivity index (χ1) is 18.6. The van der Waals surface area contributed by atoms with E-state index in [1.165, 1.54) is 11.8 Å². The van der Waals surface area contributed by atoms with Crippen LogP contribution in [0.2, 0.25) is 0 Å². The molecule has 1 aromatic carbocycles. The van der Waals surface area contributed by atoms with Gasteiger partial charge in [-0.3, -0.25) is 18.9 Å². The number of β-amino-alcohol motifs (C(OH)–C–C–N with tert-alkyl or cyclic N) is 1. The highest BCUT2D eigenvalue weighted by atomic mass is 19.4. The van der Waals surface area contributed by atoms with Gasteiger partial charge in [-0.15, -0.1) is 13.2 Å². The lowest BCUT2D eigenvalue weighted by molar-refractivity contribution is -0.326. The van der Waals surface area contributed by atoms with E-state index in [-0.39, 0.29) is 25.3 Å². The van der Waals surface area contributed by atoms with Crippen molar-refractivity contribution in [2.75, 3.05) is 19.7 Å². The number of alkyl halides is 4. The number of aromatic nitrogens is 1. The summed E-state index contributed by atoms with van der Waals surface area (Å²) in [5, 5.41) is 12.1. The van der Waals surface area contributed by atoms with Crippen LogP contribution in [0.15, 0.2) is 28.1 Å². The van der Waals surface area contributed by atoms with Crippen molar-refractivity contribution in [3.05, 3.63) is 57.1 Å². The van der Waals surface area contributed by atoms with Gasteiger partial charge in [-0.1, -0.05) is 6.92 Å². The predicted molar refractivity (Wildman–Crippen MR) is 128 cm³/mol. The molecule has 0 aliphatic carbocycles. The van der Waals surface area contributed by atoms with E-state index in [9.17, 15) is 41.0 Å². The highest BCUT2D eigenvalue weighted by Gasteiger charge is 2.43. The Morgan fingerprint density at radius 2 is 1.93 bits per heavy atom. The molecule has 1 aromatic heterocycles. The van der Waals surface area contributed by atoms with E-state index in [2.05, 4.69) is 15.0 Å². The van der Waals surface area contributed by atoms with Crippen molar-refractivity contribution in [3.63, 3.8) is 0 Å². The molecule has 0 saturated carbocycles. The highest BCUT2D eigenvalue weighted by molar-refractivity contribution is 5.97. The fourth-order valence-corrected chi connectivity index (χ4v) is 4.72. The Morgan fingerprint density at radius 3 is 2.48 bits per heavy atom. The lowest BCUT2D eigenvalue weighted by atomic mass is 9.92.